The van der Waals surface area contributed by atoms with Gasteiger partial charge in [-0.1, -0.05) is 79.6 Å². The summed E-state index contributed by atoms with van der Waals surface area (Å²) in [5.41, 5.74) is 0.930. The monoisotopic (exact) mass is 530 g/mol. The number of hydrogen-bond acceptors (Lipinski definition) is 4. The molecule has 0 atom stereocenters. The molecule has 1 aliphatic rings. The minimum absolute atomic E-state index is 0.109. The molecule has 1 aliphatic carbocycles. The van der Waals surface area contributed by atoms with Gasteiger partial charge in [-0.05, 0) is 48.5 Å². The Morgan fingerprint density at radius 1 is 0.536 bits per heavy atom. The predicted molar refractivity (Wildman–Crippen MR) is 122 cm³/mol. The predicted octanol–water partition coefficient (Wildman–Crippen LogP) is 7.39. The van der Waals surface area contributed by atoms with Crippen molar-refractivity contribution in [3.63, 3.8) is 0 Å². The molecule has 6 heteroatoms. The Morgan fingerprint density at radius 3 is 1.25 bits per heavy atom. The Labute approximate surface area is 188 Å². The highest BCUT2D eigenvalue weighted by Gasteiger charge is 2.33. The molecule has 0 spiro atoms. The zero-order valence-electron chi connectivity index (χ0n) is 14.3. The number of carbonyl (C=O) groups is 2. The van der Waals surface area contributed by atoms with Gasteiger partial charge in [-0.25, -0.2) is 0 Å². The number of thioether (sulfide) groups is 2. The smallest absolute Gasteiger partial charge is 0.201 e. The number of fused-ring (bicyclic) bond motifs is 1. The number of halogens is 2. The number of carbonyl (C=O) groups excluding carboxylic acids is 2. The van der Waals surface area contributed by atoms with Crippen LogP contribution in [-0.2, 0) is 0 Å². The fourth-order valence-electron chi connectivity index (χ4n) is 2.76. The van der Waals surface area contributed by atoms with Gasteiger partial charge in [0.2, 0.25) is 11.6 Å². The fourth-order valence-corrected chi connectivity index (χ4v) is 5.33. The highest BCUT2D eigenvalue weighted by Crippen LogP contribution is 2.43. The van der Waals surface area contributed by atoms with E-state index in [0.29, 0.717) is 20.9 Å². The van der Waals surface area contributed by atoms with E-state index in [1.165, 1.54) is 23.5 Å². The standard InChI is InChI=1S/C22H12Br2O2S2/c23-13-5-9-15(10-6-13)27-21-19(25)17-3-1-2-4-18(17)20(26)22(21)28-16-11-7-14(24)8-12-16/h1-12H. The maximum absolute atomic E-state index is 13.2. The SMILES string of the molecule is O=C1C(Sc2ccc(Br)cc2)=C(Sc2ccc(Br)cc2)C(=O)c2ccccc21. The van der Waals surface area contributed by atoms with Gasteiger partial charge in [0.25, 0.3) is 0 Å². The highest BCUT2D eigenvalue weighted by atomic mass is 79.9. The van der Waals surface area contributed by atoms with Crippen molar-refractivity contribution >= 4 is 67.0 Å². The van der Waals surface area contributed by atoms with Crippen molar-refractivity contribution in [2.24, 2.45) is 0 Å². The second kappa shape index (κ2) is 8.41. The van der Waals surface area contributed by atoms with E-state index in [-0.39, 0.29) is 11.6 Å². The van der Waals surface area contributed by atoms with Crippen molar-refractivity contribution in [1.29, 1.82) is 0 Å². The van der Waals surface area contributed by atoms with Crippen LogP contribution in [0.2, 0.25) is 0 Å². The molecular formula is C22H12Br2O2S2. The molecule has 0 aliphatic heterocycles. The van der Waals surface area contributed by atoms with Gasteiger partial charge in [0.1, 0.15) is 0 Å². The van der Waals surface area contributed by atoms with E-state index < -0.39 is 0 Å². The average molecular weight is 532 g/mol. The zero-order chi connectivity index (χ0) is 19.7. The second-order valence-electron chi connectivity index (χ2n) is 5.97. The third kappa shape index (κ3) is 4.06. The van der Waals surface area contributed by atoms with Crippen molar-refractivity contribution in [3.05, 3.63) is 103 Å². The van der Waals surface area contributed by atoms with Crippen LogP contribution in [0.5, 0.6) is 0 Å². The van der Waals surface area contributed by atoms with Gasteiger partial charge in [0.05, 0.1) is 9.81 Å². The van der Waals surface area contributed by atoms with E-state index in [9.17, 15) is 9.59 Å². The van der Waals surface area contributed by atoms with E-state index in [2.05, 4.69) is 31.9 Å². The van der Waals surface area contributed by atoms with Crippen molar-refractivity contribution in [2.75, 3.05) is 0 Å². The van der Waals surface area contributed by atoms with Gasteiger partial charge in [-0.15, -0.1) is 0 Å². The lowest BCUT2D eigenvalue weighted by molar-refractivity contribution is 0.0988. The third-order valence-corrected chi connectivity index (χ3v) is 7.49. The average Bonchev–Trinajstić information content (AvgIpc) is 2.71. The van der Waals surface area contributed by atoms with Crippen LogP contribution in [0.15, 0.2) is 101 Å². The molecule has 0 saturated heterocycles. The molecule has 0 aromatic heterocycles. The molecule has 0 radical (unpaired) electrons. The van der Waals surface area contributed by atoms with Gasteiger partial charge in [-0.3, -0.25) is 9.59 Å². The van der Waals surface area contributed by atoms with Crippen LogP contribution in [-0.4, -0.2) is 11.6 Å². The molecule has 4 rings (SSSR count). The van der Waals surface area contributed by atoms with E-state index in [0.717, 1.165) is 18.7 Å². The van der Waals surface area contributed by atoms with Crippen molar-refractivity contribution in [1.82, 2.24) is 0 Å². The van der Waals surface area contributed by atoms with Gasteiger partial charge in [0.15, 0.2) is 0 Å². The summed E-state index contributed by atoms with van der Waals surface area (Å²) < 4.78 is 1.93. The van der Waals surface area contributed by atoms with Crippen LogP contribution in [0.1, 0.15) is 20.7 Å². The van der Waals surface area contributed by atoms with Crippen LogP contribution in [0, 0.1) is 0 Å². The number of Topliss-reactive ketones (excluding diaryl/α,β-unsaturated/α-hetero) is 2. The molecule has 0 unspecified atom stereocenters. The van der Waals surface area contributed by atoms with Crippen molar-refractivity contribution in [3.8, 4) is 0 Å². The molecule has 28 heavy (non-hydrogen) atoms. The first-order valence-corrected chi connectivity index (χ1v) is 11.5. The number of benzene rings is 3. The third-order valence-electron chi connectivity index (χ3n) is 4.10. The highest BCUT2D eigenvalue weighted by molar-refractivity contribution is 9.10. The lowest BCUT2D eigenvalue weighted by Gasteiger charge is -2.20. The molecule has 138 valence electrons. The first-order chi connectivity index (χ1) is 13.5. The first-order valence-electron chi connectivity index (χ1n) is 8.32. The normalized spacial score (nSPS) is 13.6. The Morgan fingerprint density at radius 2 is 0.893 bits per heavy atom. The van der Waals surface area contributed by atoms with E-state index in [1.54, 1.807) is 24.3 Å². The molecule has 2 nitrogen and oxygen atoms in total. The quantitative estimate of drug-likeness (QED) is 0.351. The number of ketones is 2. The largest absolute Gasteiger partial charge is 0.288 e. The van der Waals surface area contributed by atoms with Crippen molar-refractivity contribution in [2.45, 2.75) is 9.79 Å². The summed E-state index contributed by atoms with van der Waals surface area (Å²) in [6, 6.07) is 22.4. The number of rotatable bonds is 4. The van der Waals surface area contributed by atoms with Crippen molar-refractivity contribution < 1.29 is 9.59 Å². The molecule has 0 N–H and O–H groups in total. The minimum atomic E-state index is -0.109. The number of hydrogen-bond donors (Lipinski definition) is 0. The molecule has 0 fully saturated rings. The van der Waals surface area contributed by atoms with Gasteiger partial charge < -0.3 is 0 Å². The van der Waals surface area contributed by atoms with E-state index >= 15 is 0 Å². The maximum Gasteiger partial charge on any atom is 0.201 e. The zero-order valence-corrected chi connectivity index (χ0v) is 19.1. The van der Waals surface area contributed by atoms with Crippen LogP contribution in [0.4, 0.5) is 0 Å². The molecule has 3 aromatic carbocycles. The number of allylic oxidation sites excluding steroid dienone is 2. The van der Waals surface area contributed by atoms with Gasteiger partial charge in [0, 0.05) is 29.9 Å². The van der Waals surface area contributed by atoms with Gasteiger partial charge in [-0.2, -0.15) is 0 Å². The summed E-state index contributed by atoms with van der Waals surface area (Å²) in [5.74, 6) is -0.217. The summed E-state index contributed by atoms with van der Waals surface area (Å²) in [4.78, 5) is 29.2. The Kier molecular flexibility index (Phi) is 5.92. The Balaban J connectivity index is 1.80. The summed E-state index contributed by atoms with van der Waals surface area (Å²) in [6.07, 6.45) is 0. The maximum atomic E-state index is 13.2. The van der Waals surface area contributed by atoms with Crippen LogP contribution >= 0.6 is 55.4 Å². The molecular weight excluding hydrogens is 520 g/mol. The van der Waals surface area contributed by atoms with Crippen LogP contribution in [0.25, 0.3) is 0 Å². The first kappa shape index (κ1) is 19.7. The van der Waals surface area contributed by atoms with Crippen LogP contribution < -0.4 is 0 Å². The van der Waals surface area contributed by atoms with E-state index in [1.807, 2.05) is 48.5 Å². The minimum Gasteiger partial charge on any atom is -0.288 e. The fraction of sp³-hybridized carbons (Fsp3) is 0. The summed E-state index contributed by atoms with van der Waals surface area (Å²) in [5, 5.41) is 0. The lowest BCUT2D eigenvalue weighted by atomic mass is 9.94. The lowest BCUT2D eigenvalue weighted by Crippen LogP contribution is -2.19. The Bertz CT molecular complexity index is 1020. The van der Waals surface area contributed by atoms with Gasteiger partial charge >= 0.3 is 0 Å². The topological polar surface area (TPSA) is 34.1 Å². The molecule has 0 saturated carbocycles. The Hall–Kier alpha value is -1.60. The summed E-state index contributed by atoms with van der Waals surface area (Å²) >= 11 is 9.53. The summed E-state index contributed by atoms with van der Waals surface area (Å²) in [7, 11) is 0. The molecule has 0 bridgehead atoms. The van der Waals surface area contributed by atoms with Crippen LogP contribution in [0.3, 0.4) is 0 Å². The second-order valence-corrected chi connectivity index (χ2v) is 9.97. The van der Waals surface area contributed by atoms with E-state index in [4.69, 9.17) is 0 Å². The molecule has 0 amide bonds. The molecule has 0 heterocycles. The molecule has 3 aromatic rings. The summed E-state index contributed by atoms with van der Waals surface area (Å²) in [6.45, 7) is 0.